The van der Waals surface area contributed by atoms with Gasteiger partial charge in [-0.2, -0.15) is 0 Å². The molecule has 0 bridgehead atoms. The van der Waals surface area contributed by atoms with Crippen molar-refractivity contribution in [2.75, 3.05) is 22.9 Å². The van der Waals surface area contributed by atoms with Crippen LogP contribution < -0.4 is 21.9 Å². The number of carbonyl (C=O) groups excluding carboxylic acids is 1. The number of benzene rings is 1. The molecule has 1 amide bonds. The van der Waals surface area contributed by atoms with Gasteiger partial charge in [0, 0.05) is 34.6 Å². The van der Waals surface area contributed by atoms with E-state index in [2.05, 4.69) is 20.9 Å². The van der Waals surface area contributed by atoms with Crippen LogP contribution >= 0.6 is 27.7 Å². The Kier molecular flexibility index (Phi) is 9.71. The summed E-state index contributed by atoms with van der Waals surface area (Å²) in [4.78, 5) is 42.6. The Morgan fingerprint density at radius 3 is 2.57 bits per heavy atom. The molecule has 0 unspecified atom stereocenters. The lowest BCUT2D eigenvalue weighted by atomic mass is 10.2. The van der Waals surface area contributed by atoms with Crippen LogP contribution in [0.2, 0.25) is 0 Å². The maximum atomic E-state index is 13.0. The lowest BCUT2D eigenvalue weighted by molar-refractivity contribution is -0.118. The van der Waals surface area contributed by atoms with Crippen molar-refractivity contribution < 1.29 is 4.79 Å². The Labute approximate surface area is 189 Å². The highest BCUT2D eigenvalue weighted by atomic mass is 79.9. The average molecular weight is 497 g/mol. The molecular formula is C21H29BrN4O3S. The zero-order valence-corrected chi connectivity index (χ0v) is 19.9. The fourth-order valence-corrected chi connectivity index (χ4v) is 4.50. The van der Waals surface area contributed by atoms with Crippen LogP contribution in [0.5, 0.6) is 0 Å². The zero-order valence-electron chi connectivity index (χ0n) is 17.4. The molecular weight excluding hydrogens is 468 g/mol. The third-order valence-corrected chi connectivity index (χ3v) is 6.69. The monoisotopic (exact) mass is 496 g/mol. The summed E-state index contributed by atoms with van der Waals surface area (Å²) in [6, 6.07) is 7.83. The van der Waals surface area contributed by atoms with E-state index in [0.717, 1.165) is 35.1 Å². The highest BCUT2D eigenvalue weighted by Gasteiger charge is 2.23. The second-order valence-electron chi connectivity index (χ2n) is 6.93. The van der Waals surface area contributed by atoms with Gasteiger partial charge in [-0.25, -0.2) is 4.79 Å². The number of carbonyl (C=O) groups is 1. The van der Waals surface area contributed by atoms with Gasteiger partial charge in [-0.3, -0.25) is 19.1 Å². The minimum Gasteiger partial charge on any atom is -0.383 e. The highest BCUT2D eigenvalue weighted by Crippen LogP contribution is 2.28. The molecule has 9 heteroatoms. The molecule has 2 rings (SSSR count). The van der Waals surface area contributed by atoms with Crippen molar-refractivity contribution in [2.45, 2.75) is 57.4 Å². The molecule has 164 valence electrons. The summed E-state index contributed by atoms with van der Waals surface area (Å²) < 4.78 is 2.33. The number of hydrogen-bond acceptors (Lipinski definition) is 5. The minimum absolute atomic E-state index is 0.0557. The Morgan fingerprint density at radius 1 is 1.20 bits per heavy atom. The van der Waals surface area contributed by atoms with Gasteiger partial charge in [0.1, 0.15) is 5.82 Å². The summed E-state index contributed by atoms with van der Waals surface area (Å²) in [5.74, 6) is 0.443. The van der Waals surface area contributed by atoms with E-state index in [9.17, 15) is 14.4 Å². The molecule has 1 aromatic carbocycles. The number of amides is 1. The molecule has 0 aliphatic carbocycles. The van der Waals surface area contributed by atoms with Gasteiger partial charge in [-0.05, 0) is 40.9 Å². The van der Waals surface area contributed by atoms with Gasteiger partial charge in [-0.15, -0.1) is 11.8 Å². The first-order chi connectivity index (χ1) is 14.4. The lowest BCUT2D eigenvalue weighted by Gasteiger charge is -2.24. The van der Waals surface area contributed by atoms with Gasteiger partial charge in [0.15, 0.2) is 5.69 Å². The number of nitrogens with one attached hydrogen (secondary N) is 1. The number of rotatable bonds is 11. The van der Waals surface area contributed by atoms with E-state index in [1.165, 1.54) is 9.47 Å². The summed E-state index contributed by atoms with van der Waals surface area (Å²) in [5, 5.41) is 0. The van der Waals surface area contributed by atoms with Gasteiger partial charge in [0.05, 0.1) is 0 Å². The molecule has 0 aliphatic rings. The molecule has 7 nitrogen and oxygen atoms in total. The number of nitrogens with two attached hydrogens (primary N) is 1. The van der Waals surface area contributed by atoms with Crippen molar-refractivity contribution in [1.82, 2.24) is 9.55 Å². The smallest absolute Gasteiger partial charge is 0.330 e. The van der Waals surface area contributed by atoms with Crippen molar-refractivity contribution >= 4 is 45.1 Å². The molecule has 0 saturated heterocycles. The molecule has 3 N–H and O–H groups in total. The first kappa shape index (κ1) is 24.3. The quantitative estimate of drug-likeness (QED) is 0.457. The first-order valence-corrected chi connectivity index (χ1v) is 12.0. The van der Waals surface area contributed by atoms with Gasteiger partial charge in [0.2, 0.25) is 5.91 Å². The van der Waals surface area contributed by atoms with Crippen LogP contribution in [-0.4, -0.2) is 27.8 Å². The Hall–Kier alpha value is -2.00. The second kappa shape index (κ2) is 12.0. The molecule has 0 aliphatic heterocycles. The Bertz CT molecular complexity index is 973. The Morgan fingerprint density at radius 2 is 1.90 bits per heavy atom. The molecule has 0 spiro atoms. The number of H-pyrrole nitrogens is 1. The number of aromatic nitrogens is 2. The van der Waals surface area contributed by atoms with Crippen LogP contribution in [-0.2, 0) is 11.3 Å². The maximum Gasteiger partial charge on any atom is 0.330 e. The highest BCUT2D eigenvalue weighted by molar-refractivity contribution is 9.10. The van der Waals surface area contributed by atoms with Crippen LogP contribution in [0.4, 0.5) is 11.5 Å². The maximum absolute atomic E-state index is 13.0. The molecule has 0 atom stereocenters. The van der Waals surface area contributed by atoms with Crippen molar-refractivity contribution in [3.05, 3.63) is 49.6 Å². The molecule has 0 saturated carbocycles. The third kappa shape index (κ3) is 6.25. The fourth-order valence-electron chi connectivity index (χ4n) is 3.00. The number of nitrogen functional groups attached to an aromatic ring is 1. The van der Waals surface area contributed by atoms with Crippen molar-refractivity contribution in [1.29, 1.82) is 0 Å². The summed E-state index contributed by atoms with van der Waals surface area (Å²) in [5.41, 5.74) is 5.13. The van der Waals surface area contributed by atoms with E-state index >= 15 is 0 Å². The number of nitrogens with zero attached hydrogens (tertiary/aromatic N) is 2. The van der Waals surface area contributed by atoms with E-state index in [1.54, 1.807) is 11.8 Å². The predicted octanol–water partition coefficient (Wildman–Crippen LogP) is 4.00. The van der Waals surface area contributed by atoms with Crippen molar-refractivity contribution in [3.8, 4) is 0 Å². The zero-order chi connectivity index (χ0) is 22.1. The van der Waals surface area contributed by atoms with E-state index in [4.69, 9.17) is 5.73 Å². The largest absolute Gasteiger partial charge is 0.383 e. The first-order valence-electron chi connectivity index (χ1n) is 10.2. The van der Waals surface area contributed by atoms with Crippen LogP contribution in [0.25, 0.3) is 0 Å². The van der Waals surface area contributed by atoms with E-state index in [0.29, 0.717) is 18.8 Å². The molecule has 2 aromatic rings. The number of unbranched alkanes of at least 4 members (excludes halogenated alkanes) is 2. The molecule has 1 aromatic heterocycles. The molecule has 0 radical (unpaired) electrons. The Balaban J connectivity index is 2.26. The van der Waals surface area contributed by atoms with Crippen LogP contribution in [0.15, 0.2) is 43.2 Å². The number of thioether (sulfide) groups is 1. The average Bonchev–Trinajstić information content (AvgIpc) is 2.71. The number of aromatic amines is 1. The second-order valence-corrected chi connectivity index (χ2v) is 8.92. The molecule has 0 fully saturated rings. The third-order valence-electron chi connectivity index (χ3n) is 4.67. The number of halogens is 1. The van der Waals surface area contributed by atoms with E-state index in [1.807, 2.05) is 38.1 Å². The molecule has 1 heterocycles. The predicted molar refractivity (Wildman–Crippen MR) is 127 cm³/mol. The van der Waals surface area contributed by atoms with Gasteiger partial charge in [0.25, 0.3) is 5.56 Å². The van der Waals surface area contributed by atoms with Crippen LogP contribution in [0.1, 0.15) is 46.0 Å². The standard InChI is InChI=1S/C21H29BrN4O3S/c1-3-5-12-25(17(27)11-14-30-16-10-8-7-9-15(16)22)18-19(23)26(13-6-4-2)21(29)24-20(18)28/h7-10H,3-6,11-14,23H2,1-2H3,(H,24,28,29). The normalized spacial score (nSPS) is 10.9. The lowest BCUT2D eigenvalue weighted by Crippen LogP contribution is -2.41. The molecule has 30 heavy (non-hydrogen) atoms. The fraction of sp³-hybridized carbons (Fsp3) is 0.476. The minimum atomic E-state index is -0.617. The number of anilines is 2. The summed E-state index contributed by atoms with van der Waals surface area (Å²) in [6.45, 7) is 4.81. The van der Waals surface area contributed by atoms with Crippen LogP contribution in [0.3, 0.4) is 0 Å². The SMILES string of the molecule is CCCCN(C(=O)CCSc1ccccc1Br)c1c(N)n(CCCC)c(=O)[nH]c1=O. The van der Waals surface area contributed by atoms with Crippen molar-refractivity contribution in [2.24, 2.45) is 0 Å². The van der Waals surface area contributed by atoms with Crippen LogP contribution in [0, 0.1) is 0 Å². The van der Waals surface area contributed by atoms with E-state index < -0.39 is 11.2 Å². The number of hydrogen-bond donors (Lipinski definition) is 2. The summed E-state index contributed by atoms with van der Waals surface area (Å²) >= 11 is 5.08. The summed E-state index contributed by atoms with van der Waals surface area (Å²) in [7, 11) is 0. The van der Waals surface area contributed by atoms with Gasteiger partial charge < -0.3 is 10.6 Å². The van der Waals surface area contributed by atoms with Gasteiger partial charge >= 0.3 is 5.69 Å². The van der Waals surface area contributed by atoms with Gasteiger partial charge in [-0.1, -0.05) is 38.8 Å². The van der Waals surface area contributed by atoms with E-state index in [-0.39, 0.29) is 23.8 Å². The van der Waals surface area contributed by atoms with Crippen molar-refractivity contribution in [3.63, 3.8) is 0 Å². The summed E-state index contributed by atoms with van der Waals surface area (Å²) in [6.07, 6.45) is 3.48. The topological polar surface area (TPSA) is 101 Å².